The fraction of sp³-hybridized carbons (Fsp3) is 0.207. The summed E-state index contributed by atoms with van der Waals surface area (Å²) in [7, 11) is -4.14. The van der Waals surface area contributed by atoms with Crippen LogP contribution in [0.1, 0.15) is 36.0 Å². The van der Waals surface area contributed by atoms with Crippen LogP contribution in [0, 0.1) is 0 Å². The molecule has 4 aromatic rings. The van der Waals surface area contributed by atoms with E-state index in [9.17, 15) is 32.8 Å². The average Bonchev–Trinajstić information content (AvgIpc) is 3.44. The fourth-order valence-corrected chi connectivity index (χ4v) is 6.42. The Kier molecular flexibility index (Phi) is 7.89. The molecule has 0 bridgehead atoms. The number of thioether (sulfide) groups is 1. The summed E-state index contributed by atoms with van der Waals surface area (Å²) in [4.78, 5) is 25.6. The van der Waals surface area contributed by atoms with Crippen LogP contribution in [0.5, 0.6) is 0 Å². The fourth-order valence-electron chi connectivity index (χ4n) is 4.81. The van der Waals surface area contributed by atoms with E-state index >= 15 is 0 Å². The summed E-state index contributed by atoms with van der Waals surface area (Å²) in [6.45, 7) is 1.86. The number of benzene rings is 3. The molecular weight excluding hydrogens is 568 g/mol. The van der Waals surface area contributed by atoms with E-state index < -0.39 is 27.8 Å². The van der Waals surface area contributed by atoms with E-state index in [1.807, 2.05) is 60.0 Å². The van der Waals surface area contributed by atoms with Crippen LogP contribution in [0.3, 0.4) is 0 Å². The number of carboxylic acid groups (broad SMARTS) is 2. The van der Waals surface area contributed by atoms with Crippen molar-refractivity contribution in [2.75, 3.05) is 17.2 Å². The minimum atomic E-state index is -4.14. The van der Waals surface area contributed by atoms with Crippen LogP contribution >= 0.6 is 11.8 Å². The van der Waals surface area contributed by atoms with Crippen molar-refractivity contribution in [3.05, 3.63) is 82.7 Å². The van der Waals surface area contributed by atoms with Gasteiger partial charge in [-0.1, -0.05) is 43.0 Å². The van der Waals surface area contributed by atoms with Crippen LogP contribution in [-0.2, 0) is 21.5 Å². The van der Waals surface area contributed by atoms with Crippen LogP contribution in [0.2, 0.25) is 0 Å². The zero-order valence-corrected chi connectivity index (χ0v) is 23.6. The van der Waals surface area contributed by atoms with Gasteiger partial charge in [0.15, 0.2) is 6.54 Å². The summed E-state index contributed by atoms with van der Waals surface area (Å²) in [5, 5.41) is 21.6. The first-order chi connectivity index (χ1) is 19.5. The van der Waals surface area contributed by atoms with E-state index in [4.69, 9.17) is 4.42 Å². The van der Waals surface area contributed by atoms with Crippen molar-refractivity contribution in [1.82, 2.24) is 0 Å². The molecule has 0 amide bonds. The number of carboxylic acids is 2. The van der Waals surface area contributed by atoms with Gasteiger partial charge in [0.2, 0.25) is 5.58 Å². The predicted octanol–water partition coefficient (Wildman–Crippen LogP) is 5.18. The quantitative estimate of drug-likeness (QED) is 0.165. The Morgan fingerprint density at radius 2 is 1.88 bits per heavy atom. The molecule has 1 aromatic heterocycles. The molecule has 212 valence electrons. The van der Waals surface area contributed by atoms with Gasteiger partial charge in [-0.3, -0.25) is 9.35 Å². The number of oxazole rings is 1. The van der Waals surface area contributed by atoms with Crippen molar-refractivity contribution in [3.63, 3.8) is 0 Å². The molecule has 1 aliphatic heterocycles. The summed E-state index contributed by atoms with van der Waals surface area (Å²) >= 11 is 1.35. The average molecular weight is 596 g/mol. The van der Waals surface area contributed by atoms with Crippen molar-refractivity contribution in [1.29, 1.82) is 0 Å². The second-order valence-corrected chi connectivity index (χ2v) is 12.1. The Bertz CT molecular complexity index is 1860. The van der Waals surface area contributed by atoms with Gasteiger partial charge in [0.25, 0.3) is 15.6 Å². The number of aromatic nitrogens is 1. The Labute approximate surface area is 239 Å². The number of hydrogen-bond donors (Lipinski definition) is 3. The Morgan fingerprint density at radius 3 is 2.59 bits per heavy atom. The standard InChI is InChI=1S/C29H26N2O8S2/c1-2-18(15-26-31(17-27(32)33)22-16-20(29(34)35)9-11-24(22)40-26)14-25-30(12-5-13-41(36,37)38)28-21-7-4-3-6-19(21)8-10-23(28)39-25/h3-4,6-11,14-16H,2,5,12-13,17H2,1H3,(H2-,32,33,34,35,36,37,38)/p+1. The van der Waals surface area contributed by atoms with Gasteiger partial charge in [0, 0.05) is 11.3 Å². The molecular formula is C29H27N2O8S2+. The lowest BCUT2D eigenvalue weighted by molar-refractivity contribution is -0.677. The maximum atomic E-state index is 11.7. The molecule has 41 heavy (non-hydrogen) atoms. The maximum absolute atomic E-state index is 11.7. The van der Waals surface area contributed by atoms with Crippen molar-refractivity contribution in [2.45, 2.75) is 31.2 Å². The minimum Gasteiger partial charge on any atom is -0.480 e. The van der Waals surface area contributed by atoms with Gasteiger partial charge in [-0.2, -0.15) is 13.0 Å². The Hall–Kier alpha value is -4.13. The highest BCUT2D eigenvalue weighted by atomic mass is 32.2. The summed E-state index contributed by atoms with van der Waals surface area (Å²) in [6.07, 6.45) is 4.40. The minimum absolute atomic E-state index is 0.0627. The topological polar surface area (TPSA) is 149 Å². The van der Waals surface area contributed by atoms with Gasteiger partial charge >= 0.3 is 17.8 Å². The third kappa shape index (κ3) is 6.14. The normalized spacial score (nSPS) is 14.7. The number of nitrogens with zero attached hydrogens (tertiary/aromatic N) is 2. The number of allylic oxidation sites excluding steroid dienone is 2. The number of anilines is 1. The SMILES string of the molecule is CCC(=C/c1oc2ccc3ccccc3c2[n+]1CCCS(=O)(=O)O)/C=C1/Sc2ccc(C(=O)O)cc2N1CC(=O)O. The van der Waals surface area contributed by atoms with Crippen molar-refractivity contribution < 1.29 is 41.8 Å². The summed E-state index contributed by atoms with van der Waals surface area (Å²) < 4.78 is 40.3. The molecule has 0 aliphatic carbocycles. The lowest BCUT2D eigenvalue weighted by Gasteiger charge is -2.18. The molecule has 1 aliphatic rings. The van der Waals surface area contributed by atoms with E-state index in [1.165, 1.54) is 23.9 Å². The summed E-state index contributed by atoms with van der Waals surface area (Å²) in [5.74, 6) is -2.09. The third-order valence-corrected chi connectivity index (χ3v) is 8.61. The molecule has 5 rings (SSSR count). The maximum Gasteiger partial charge on any atom is 0.374 e. The van der Waals surface area contributed by atoms with E-state index in [-0.39, 0.29) is 25.1 Å². The molecule has 0 unspecified atom stereocenters. The summed E-state index contributed by atoms with van der Waals surface area (Å²) in [5.41, 5.74) is 2.79. The number of fused-ring (bicyclic) bond motifs is 4. The molecule has 12 heteroatoms. The van der Waals surface area contributed by atoms with Crippen LogP contribution in [0.15, 0.2) is 80.6 Å². The number of hydrogen-bond acceptors (Lipinski definition) is 7. The lowest BCUT2D eigenvalue weighted by Crippen LogP contribution is -2.36. The highest BCUT2D eigenvalue weighted by molar-refractivity contribution is 8.03. The summed E-state index contributed by atoms with van der Waals surface area (Å²) in [6, 6.07) is 16.2. The Balaban J connectivity index is 1.60. The number of aromatic carboxylic acids is 1. The molecule has 3 aromatic carbocycles. The molecule has 0 radical (unpaired) electrons. The first kappa shape index (κ1) is 28.4. The van der Waals surface area contributed by atoms with Gasteiger partial charge in [-0.25, -0.2) is 4.79 Å². The van der Waals surface area contributed by atoms with E-state index in [1.54, 1.807) is 11.0 Å². The van der Waals surface area contributed by atoms with Crippen molar-refractivity contribution >= 4 is 67.5 Å². The molecule has 0 saturated carbocycles. The van der Waals surface area contributed by atoms with Gasteiger partial charge in [0.1, 0.15) is 6.54 Å². The molecule has 0 spiro atoms. The highest BCUT2D eigenvalue weighted by Crippen LogP contribution is 2.46. The monoisotopic (exact) mass is 595 g/mol. The molecule has 10 nitrogen and oxygen atoms in total. The van der Waals surface area contributed by atoms with Crippen LogP contribution in [-0.4, -0.2) is 47.4 Å². The number of aliphatic carboxylic acids is 1. The van der Waals surface area contributed by atoms with Crippen molar-refractivity contribution in [2.24, 2.45) is 0 Å². The van der Waals surface area contributed by atoms with E-state index in [0.29, 0.717) is 28.6 Å². The third-order valence-electron chi connectivity index (χ3n) is 6.69. The highest BCUT2D eigenvalue weighted by Gasteiger charge is 2.29. The molecule has 3 N–H and O–H groups in total. The van der Waals surface area contributed by atoms with Gasteiger partial charge < -0.3 is 19.5 Å². The zero-order valence-electron chi connectivity index (χ0n) is 22.0. The first-order valence-corrected chi connectivity index (χ1v) is 15.2. The van der Waals surface area contributed by atoms with Gasteiger partial charge in [0.05, 0.1) is 33.5 Å². The molecule has 0 saturated heterocycles. The Morgan fingerprint density at radius 1 is 1.10 bits per heavy atom. The largest absolute Gasteiger partial charge is 0.480 e. The van der Waals surface area contributed by atoms with E-state index in [0.717, 1.165) is 26.8 Å². The predicted molar refractivity (Wildman–Crippen MR) is 156 cm³/mol. The van der Waals surface area contributed by atoms with Crippen LogP contribution < -0.4 is 9.47 Å². The number of aryl methyl sites for hydroxylation is 1. The number of carbonyl (C=O) groups is 2. The van der Waals surface area contributed by atoms with Crippen molar-refractivity contribution in [3.8, 4) is 0 Å². The van der Waals surface area contributed by atoms with Gasteiger partial charge in [-0.05, 0) is 53.8 Å². The lowest BCUT2D eigenvalue weighted by atomic mass is 10.1. The van der Waals surface area contributed by atoms with Gasteiger partial charge in [-0.15, -0.1) is 0 Å². The molecule has 0 atom stereocenters. The zero-order chi connectivity index (χ0) is 29.3. The second kappa shape index (κ2) is 11.4. The van der Waals surface area contributed by atoms with Crippen LogP contribution in [0.4, 0.5) is 5.69 Å². The second-order valence-electron chi connectivity index (χ2n) is 9.49. The van der Waals surface area contributed by atoms with Crippen LogP contribution in [0.25, 0.3) is 27.9 Å². The first-order valence-electron chi connectivity index (χ1n) is 12.8. The number of rotatable bonds is 10. The smallest absolute Gasteiger partial charge is 0.374 e. The molecule has 2 heterocycles. The van der Waals surface area contributed by atoms with E-state index in [2.05, 4.69) is 0 Å². The molecule has 0 fully saturated rings.